The quantitative estimate of drug-likeness (QED) is 0.741. The number of carboxylic acid groups (broad SMARTS) is 1. The molecule has 0 fully saturated rings. The van der Waals surface area contributed by atoms with Gasteiger partial charge in [0.05, 0.1) is 0 Å². The zero-order chi connectivity index (χ0) is 18.4. The fraction of sp³-hybridized carbons (Fsp3) is 0.286. The number of aliphatic carboxylic acids is 1. The standard InChI is InChI=1S/C21H25NO3/c1-15(25-21(2,3)4)22-19(20(23)24)14-16-10-12-18(13-11-16)17-8-6-5-7-9-17/h5-13,19,22H,1,14H2,2-4H3,(H,23,24)/t19-/m0/s1. The maximum Gasteiger partial charge on any atom is 0.326 e. The molecule has 4 heteroatoms. The number of hydrogen-bond acceptors (Lipinski definition) is 3. The van der Waals surface area contributed by atoms with E-state index < -0.39 is 17.6 Å². The molecule has 0 aliphatic rings. The van der Waals surface area contributed by atoms with Gasteiger partial charge in [-0.3, -0.25) is 0 Å². The van der Waals surface area contributed by atoms with Crippen LogP contribution in [0.4, 0.5) is 0 Å². The van der Waals surface area contributed by atoms with Crippen LogP contribution in [0.1, 0.15) is 26.3 Å². The minimum Gasteiger partial charge on any atom is -0.480 e. The Morgan fingerprint density at radius 1 is 1.08 bits per heavy atom. The predicted molar refractivity (Wildman–Crippen MR) is 100 cm³/mol. The second kappa shape index (κ2) is 7.88. The van der Waals surface area contributed by atoms with Crippen LogP contribution in [0.25, 0.3) is 11.1 Å². The van der Waals surface area contributed by atoms with Crippen LogP contribution in [-0.4, -0.2) is 22.7 Å². The van der Waals surface area contributed by atoms with Crippen molar-refractivity contribution in [3.8, 4) is 11.1 Å². The van der Waals surface area contributed by atoms with Gasteiger partial charge in [0.2, 0.25) is 0 Å². The molecule has 0 aliphatic carbocycles. The molecular formula is C21H25NO3. The van der Waals surface area contributed by atoms with E-state index in [1.54, 1.807) is 0 Å². The molecule has 0 bridgehead atoms. The molecule has 2 aromatic carbocycles. The Kier molecular flexibility index (Phi) is 5.86. The molecule has 0 radical (unpaired) electrons. The Bertz CT molecular complexity index is 715. The number of nitrogens with one attached hydrogen (secondary N) is 1. The third kappa shape index (κ3) is 5.99. The molecular weight excluding hydrogens is 314 g/mol. The van der Waals surface area contributed by atoms with Gasteiger partial charge in [0.1, 0.15) is 11.6 Å². The highest BCUT2D eigenvalue weighted by Crippen LogP contribution is 2.20. The van der Waals surface area contributed by atoms with Crippen molar-refractivity contribution in [3.05, 3.63) is 72.6 Å². The van der Waals surface area contributed by atoms with Crippen LogP contribution < -0.4 is 5.32 Å². The number of rotatable bonds is 7. The maximum atomic E-state index is 11.5. The van der Waals surface area contributed by atoms with Gasteiger partial charge in [-0.15, -0.1) is 0 Å². The van der Waals surface area contributed by atoms with E-state index in [9.17, 15) is 9.90 Å². The molecule has 4 nitrogen and oxygen atoms in total. The second-order valence-corrected chi connectivity index (χ2v) is 6.94. The van der Waals surface area contributed by atoms with Crippen LogP contribution in [0, 0.1) is 0 Å². The molecule has 0 heterocycles. The lowest BCUT2D eigenvalue weighted by Crippen LogP contribution is -2.39. The third-order valence-corrected chi connectivity index (χ3v) is 3.56. The minimum absolute atomic E-state index is 0.265. The molecule has 2 aromatic rings. The van der Waals surface area contributed by atoms with Gasteiger partial charge in [-0.05, 0) is 44.0 Å². The lowest BCUT2D eigenvalue weighted by Gasteiger charge is -2.25. The van der Waals surface area contributed by atoms with Gasteiger partial charge in [0, 0.05) is 6.42 Å². The third-order valence-electron chi connectivity index (χ3n) is 3.56. The lowest BCUT2D eigenvalue weighted by atomic mass is 10.0. The van der Waals surface area contributed by atoms with Crippen LogP contribution in [-0.2, 0) is 16.0 Å². The molecule has 0 aliphatic heterocycles. The van der Waals surface area contributed by atoms with Gasteiger partial charge >= 0.3 is 5.97 Å². The highest BCUT2D eigenvalue weighted by atomic mass is 16.5. The van der Waals surface area contributed by atoms with E-state index in [1.807, 2.05) is 75.4 Å². The van der Waals surface area contributed by atoms with E-state index in [-0.39, 0.29) is 5.88 Å². The number of carbonyl (C=O) groups is 1. The van der Waals surface area contributed by atoms with Crippen molar-refractivity contribution in [1.29, 1.82) is 0 Å². The summed E-state index contributed by atoms with van der Waals surface area (Å²) in [5.74, 6) is -0.674. The molecule has 132 valence electrons. The van der Waals surface area contributed by atoms with Crippen LogP contribution in [0.15, 0.2) is 67.1 Å². The molecule has 2 N–H and O–H groups in total. The molecule has 0 spiro atoms. The van der Waals surface area contributed by atoms with Crippen molar-refractivity contribution in [1.82, 2.24) is 5.32 Å². The summed E-state index contributed by atoms with van der Waals surface area (Å²) in [6.45, 7) is 9.42. The summed E-state index contributed by atoms with van der Waals surface area (Å²) in [5, 5.41) is 12.3. The van der Waals surface area contributed by atoms with Crippen molar-refractivity contribution in [3.63, 3.8) is 0 Å². The molecule has 0 aromatic heterocycles. The Morgan fingerprint density at radius 2 is 1.64 bits per heavy atom. The number of carboxylic acids is 1. The fourth-order valence-electron chi connectivity index (χ4n) is 2.49. The summed E-state index contributed by atoms with van der Waals surface area (Å²) in [4.78, 5) is 11.5. The van der Waals surface area contributed by atoms with E-state index in [1.165, 1.54) is 0 Å². The smallest absolute Gasteiger partial charge is 0.326 e. The fourth-order valence-corrected chi connectivity index (χ4v) is 2.49. The van der Waals surface area contributed by atoms with Crippen molar-refractivity contribution in [2.45, 2.75) is 38.8 Å². The monoisotopic (exact) mass is 339 g/mol. The molecule has 0 unspecified atom stereocenters. The average molecular weight is 339 g/mol. The van der Waals surface area contributed by atoms with Gasteiger partial charge in [-0.2, -0.15) is 0 Å². The number of hydrogen-bond donors (Lipinski definition) is 2. The van der Waals surface area contributed by atoms with Crippen molar-refractivity contribution >= 4 is 5.97 Å². The molecule has 0 saturated carbocycles. The zero-order valence-corrected chi connectivity index (χ0v) is 15.0. The first-order chi connectivity index (χ1) is 11.7. The Morgan fingerprint density at radius 3 is 2.16 bits per heavy atom. The van der Waals surface area contributed by atoms with Gasteiger partial charge in [-0.1, -0.05) is 54.6 Å². The Balaban J connectivity index is 2.04. The first kappa shape index (κ1) is 18.6. The zero-order valence-electron chi connectivity index (χ0n) is 15.0. The van der Waals surface area contributed by atoms with Crippen molar-refractivity contribution < 1.29 is 14.6 Å². The molecule has 25 heavy (non-hydrogen) atoms. The van der Waals surface area contributed by atoms with E-state index in [0.717, 1.165) is 16.7 Å². The largest absolute Gasteiger partial charge is 0.480 e. The summed E-state index contributed by atoms with van der Waals surface area (Å²) in [5.41, 5.74) is 2.74. The summed E-state index contributed by atoms with van der Waals surface area (Å²) < 4.78 is 5.56. The molecule has 2 rings (SSSR count). The Hall–Kier alpha value is -2.75. The van der Waals surface area contributed by atoms with Gasteiger partial charge in [0.25, 0.3) is 0 Å². The SMILES string of the molecule is C=C(N[C@@H](Cc1ccc(-c2ccccc2)cc1)C(=O)O)OC(C)(C)C. The number of benzene rings is 2. The van der Waals surface area contributed by atoms with Crippen molar-refractivity contribution in [2.75, 3.05) is 0 Å². The maximum absolute atomic E-state index is 11.5. The lowest BCUT2D eigenvalue weighted by molar-refractivity contribution is -0.139. The van der Waals surface area contributed by atoms with Gasteiger partial charge in [-0.25, -0.2) is 4.79 Å². The first-order valence-electron chi connectivity index (χ1n) is 8.26. The van der Waals surface area contributed by atoms with E-state index in [2.05, 4.69) is 11.9 Å². The van der Waals surface area contributed by atoms with Gasteiger partial charge < -0.3 is 15.2 Å². The normalized spacial score (nSPS) is 12.3. The van der Waals surface area contributed by atoms with E-state index in [0.29, 0.717) is 6.42 Å². The van der Waals surface area contributed by atoms with Crippen LogP contribution >= 0.6 is 0 Å². The van der Waals surface area contributed by atoms with Gasteiger partial charge in [0.15, 0.2) is 5.88 Å². The first-order valence-corrected chi connectivity index (χ1v) is 8.26. The van der Waals surface area contributed by atoms with Crippen molar-refractivity contribution in [2.24, 2.45) is 0 Å². The topological polar surface area (TPSA) is 58.6 Å². The highest BCUT2D eigenvalue weighted by Gasteiger charge is 2.21. The summed E-state index contributed by atoms with van der Waals surface area (Å²) in [6.07, 6.45) is 0.344. The number of ether oxygens (including phenoxy) is 1. The van der Waals surface area contributed by atoms with Crippen LogP contribution in [0.2, 0.25) is 0 Å². The summed E-state index contributed by atoms with van der Waals surface area (Å²) in [6, 6.07) is 17.2. The molecule has 0 saturated heterocycles. The summed E-state index contributed by atoms with van der Waals surface area (Å²) >= 11 is 0. The van der Waals surface area contributed by atoms with Crippen LogP contribution in [0.5, 0.6) is 0 Å². The highest BCUT2D eigenvalue weighted by molar-refractivity contribution is 5.74. The average Bonchev–Trinajstić information content (AvgIpc) is 2.54. The van der Waals surface area contributed by atoms with E-state index >= 15 is 0 Å². The predicted octanol–water partition coefficient (Wildman–Crippen LogP) is 4.23. The minimum atomic E-state index is -0.939. The second-order valence-electron chi connectivity index (χ2n) is 6.94. The summed E-state index contributed by atoms with van der Waals surface area (Å²) in [7, 11) is 0. The van der Waals surface area contributed by atoms with Crippen LogP contribution in [0.3, 0.4) is 0 Å². The molecule has 1 atom stereocenters. The molecule has 0 amide bonds. The van der Waals surface area contributed by atoms with E-state index in [4.69, 9.17) is 4.74 Å². The Labute approximate surface area is 149 Å².